The van der Waals surface area contributed by atoms with Gasteiger partial charge in [-0.2, -0.15) is 5.10 Å². The van der Waals surface area contributed by atoms with Gasteiger partial charge in [0, 0.05) is 10.6 Å². The van der Waals surface area contributed by atoms with Gasteiger partial charge in [0.05, 0.1) is 17.1 Å². The van der Waals surface area contributed by atoms with E-state index in [4.69, 9.17) is 23.8 Å². The van der Waals surface area contributed by atoms with Crippen molar-refractivity contribution in [3.63, 3.8) is 0 Å². The zero-order valence-electron chi connectivity index (χ0n) is 14.3. The van der Waals surface area contributed by atoms with Gasteiger partial charge in [-0.05, 0) is 48.6 Å². The Labute approximate surface area is 170 Å². The van der Waals surface area contributed by atoms with Gasteiger partial charge in [0.25, 0.3) is 11.8 Å². The van der Waals surface area contributed by atoms with Gasteiger partial charge in [0.2, 0.25) is 0 Å². The summed E-state index contributed by atoms with van der Waals surface area (Å²) < 4.78 is 1.75. The van der Waals surface area contributed by atoms with E-state index < -0.39 is 11.8 Å². The lowest BCUT2D eigenvalue weighted by Crippen LogP contribution is -2.51. The third kappa shape index (κ3) is 3.58. The molecule has 1 saturated heterocycles. The monoisotopic (exact) mass is 408 g/mol. The second-order valence-electron chi connectivity index (χ2n) is 6.00. The topological polar surface area (TPSA) is 76.0 Å². The van der Waals surface area contributed by atoms with Crippen molar-refractivity contribution in [2.45, 2.75) is 0 Å². The Kier molecular flexibility index (Phi) is 4.77. The van der Waals surface area contributed by atoms with Crippen molar-refractivity contribution in [2.75, 3.05) is 0 Å². The van der Waals surface area contributed by atoms with E-state index >= 15 is 0 Å². The van der Waals surface area contributed by atoms with Crippen LogP contribution in [-0.2, 0) is 9.59 Å². The van der Waals surface area contributed by atoms with Gasteiger partial charge in [-0.1, -0.05) is 41.9 Å². The molecule has 0 spiro atoms. The molecule has 1 fully saturated rings. The number of thiocarbonyl (C=S) groups is 1. The molecule has 138 valence electrons. The van der Waals surface area contributed by atoms with Crippen LogP contribution in [0.5, 0.6) is 0 Å². The highest BCUT2D eigenvalue weighted by molar-refractivity contribution is 7.80. The van der Waals surface area contributed by atoms with E-state index in [1.54, 1.807) is 22.9 Å². The van der Waals surface area contributed by atoms with E-state index in [0.29, 0.717) is 10.7 Å². The van der Waals surface area contributed by atoms with Crippen molar-refractivity contribution in [3.8, 4) is 16.9 Å². The number of amides is 2. The fourth-order valence-electron chi connectivity index (χ4n) is 2.82. The largest absolute Gasteiger partial charge is 0.299 e. The Bertz CT molecular complexity index is 1100. The molecule has 6 nitrogen and oxygen atoms in total. The molecule has 2 N–H and O–H groups in total. The number of benzene rings is 2. The van der Waals surface area contributed by atoms with Crippen LogP contribution in [0.4, 0.5) is 0 Å². The Morgan fingerprint density at radius 2 is 1.61 bits per heavy atom. The number of nitrogens with zero attached hydrogens (tertiary/aromatic N) is 2. The summed E-state index contributed by atoms with van der Waals surface area (Å²) in [5.74, 6) is -1.12. The smallest absolute Gasteiger partial charge is 0.263 e. The molecule has 0 unspecified atom stereocenters. The first-order chi connectivity index (χ1) is 13.5. The van der Waals surface area contributed by atoms with Gasteiger partial charge < -0.3 is 0 Å². The van der Waals surface area contributed by atoms with E-state index in [0.717, 1.165) is 16.9 Å². The SMILES string of the molecule is O=C1NC(=S)NC(=O)C1=Cc1cc(-c2ccc(Cl)cc2)n(-c2ccccc2)n1. The lowest BCUT2D eigenvalue weighted by atomic mass is 10.1. The number of halogens is 1. The Morgan fingerprint density at radius 1 is 0.964 bits per heavy atom. The first-order valence-corrected chi connectivity index (χ1v) is 9.10. The lowest BCUT2D eigenvalue weighted by Gasteiger charge is -2.15. The highest BCUT2D eigenvalue weighted by Gasteiger charge is 2.26. The van der Waals surface area contributed by atoms with Crippen LogP contribution < -0.4 is 10.6 Å². The third-order valence-corrected chi connectivity index (χ3v) is 4.56. The molecule has 2 amide bonds. The quantitative estimate of drug-likeness (QED) is 0.396. The number of nitrogens with one attached hydrogen (secondary N) is 2. The summed E-state index contributed by atoms with van der Waals surface area (Å²) in [6.07, 6.45) is 1.44. The zero-order chi connectivity index (χ0) is 19.7. The summed E-state index contributed by atoms with van der Waals surface area (Å²) in [5, 5.41) is 10.0. The normalized spacial score (nSPS) is 13.9. The molecule has 0 atom stereocenters. The molecule has 0 saturated carbocycles. The van der Waals surface area contributed by atoms with E-state index in [-0.39, 0.29) is 10.7 Å². The number of carbonyl (C=O) groups excluding carboxylic acids is 2. The van der Waals surface area contributed by atoms with Crippen LogP contribution in [0.2, 0.25) is 5.02 Å². The van der Waals surface area contributed by atoms with Gasteiger partial charge in [-0.15, -0.1) is 0 Å². The molecule has 2 aromatic carbocycles. The molecule has 0 bridgehead atoms. The summed E-state index contributed by atoms with van der Waals surface area (Å²) in [5.41, 5.74) is 2.93. The van der Waals surface area contributed by atoms with Gasteiger partial charge in [-0.25, -0.2) is 4.68 Å². The average molecular weight is 409 g/mol. The van der Waals surface area contributed by atoms with Crippen LogP contribution in [0.1, 0.15) is 5.69 Å². The fourth-order valence-corrected chi connectivity index (χ4v) is 3.13. The summed E-state index contributed by atoms with van der Waals surface area (Å²) in [6, 6.07) is 18.7. The first-order valence-electron chi connectivity index (χ1n) is 8.31. The van der Waals surface area contributed by atoms with Gasteiger partial charge in [-0.3, -0.25) is 20.2 Å². The maximum Gasteiger partial charge on any atom is 0.263 e. The van der Waals surface area contributed by atoms with Crippen LogP contribution >= 0.6 is 23.8 Å². The van der Waals surface area contributed by atoms with E-state index in [2.05, 4.69) is 15.7 Å². The maximum atomic E-state index is 12.1. The van der Waals surface area contributed by atoms with Crippen LogP contribution in [0.3, 0.4) is 0 Å². The van der Waals surface area contributed by atoms with Crippen molar-refractivity contribution in [2.24, 2.45) is 0 Å². The molecule has 28 heavy (non-hydrogen) atoms. The number of carbonyl (C=O) groups is 2. The van der Waals surface area contributed by atoms with Crippen molar-refractivity contribution >= 4 is 46.8 Å². The first kappa shape index (κ1) is 18.1. The maximum absolute atomic E-state index is 12.1. The second kappa shape index (κ2) is 7.38. The van der Waals surface area contributed by atoms with Gasteiger partial charge >= 0.3 is 0 Å². The molecule has 4 rings (SSSR count). The predicted octanol–water partition coefficient (Wildman–Crippen LogP) is 3.11. The Morgan fingerprint density at radius 3 is 2.25 bits per heavy atom. The van der Waals surface area contributed by atoms with Crippen molar-refractivity contribution in [1.29, 1.82) is 0 Å². The minimum atomic E-state index is -0.559. The molecular weight excluding hydrogens is 396 g/mol. The lowest BCUT2D eigenvalue weighted by molar-refractivity contribution is -0.123. The number of aromatic nitrogens is 2. The molecule has 0 aliphatic carbocycles. The van der Waals surface area contributed by atoms with Crippen LogP contribution in [0.15, 0.2) is 66.2 Å². The Balaban J connectivity index is 1.83. The van der Waals surface area contributed by atoms with Crippen LogP contribution in [-0.4, -0.2) is 26.7 Å². The fraction of sp³-hybridized carbons (Fsp3) is 0. The highest BCUT2D eigenvalue weighted by atomic mass is 35.5. The number of hydrogen-bond donors (Lipinski definition) is 2. The molecule has 3 aromatic rings. The molecule has 1 aliphatic heterocycles. The highest BCUT2D eigenvalue weighted by Crippen LogP contribution is 2.26. The second-order valence-corrected chi connectivity index (χ2v) is 6.85. The van der Waals surface area contributed by atoms with Crippen molar-refractivity contribution < 1.29 is 9.59 Å². The standard InChI is InChI=1S/C20H13ClN4O2S/c21-13-8-6-12(7-9-13)17-11-14(24-25(17)15-4-2-1-3-5-15)10-16-18(26)22-20(28)23-19(16)27/h1-11H,(H2,22,23,26,27,28). The summed E-state index contributed by atoms with van der Waals surface area (Å²) in [7, 11) is 0. The molecule has 2 heterocycles. The predicted molar refractivity (Wildman–Crippen MR) is 111 cm³/mol. The van der Waals surface area contributed by atoms with Gasteiger partial charge in [0.15, 0.2) is 5.11 Å². The molecule has 8 heteroatoms. The minimum Gasteiger partial charge on any atom is -0.299 e. The van der Waals surface area contributed by atoms with Crippen LogP contribution in [0.25, 0.3) is 23.0 Å². The molecule has 1 aliphatic rings. The number of hydrogen-bond acceptors (Lipinski definition) is 4. The van der Waals surface area contributed by atoms with Crippen LogP contribution in [0, 0.1) is 0 Å². The van der Waals surface area contributed by atoms with E-state index in [9.17, 15) is 9.59 Å². The summed E-state index contributed by atoms with van der Waals surface area (Å²) >= 11 is 10.8. The number of para-hydroxylation sites is 1. The van der Waals surface area contributed by atoms with E-state index in [1.165, 1.54) is 6.08 Å². The van der Waals surface area contributed by atoms with Crippen molar-refractivity contribution in [1.82, 2.24) is 20.4 Å². The molecule has 0 radical (unpaired) electrons. The average Bonchev–Trinajstić information content (AvgIpc) is 3.10. The Hall–Kier alpha value is -3.29. The van der Waals surface area contributed by atoms with Gasteiger partial charge in [0.1, 0.15) is 5.57 Å². The number of rotatable bonds is 3. The minimum absolute atomic E-state index is 0.0104. The molecular formula is C20H13ClN4O2S. The zero-order valence-corrected chi connectivity index (χ0v) is 15.9. The van der Waals surface area contributed by atoms with E-state index in [1.807, 2.05) is 42.5 Å². The molecule has 1 aromatic heterocycles. The summed E-state index contributed by atoms with van der Waals surface area (Å²) in [4.78, 5) is 24.2. The summed E-state index contributed by atoms with van der Waals surface area (Å²) in [6.45, 7) is 0. The third-order valence-electron chi connectivity index (χ3n) is 4.10. The van der Waals surface area contributed by atoms with Crippen molar-refractivity contribution in [3.05, 3.63) is 77.0 Å².